The lowest BCUT2D eigenvalue weighted by atomic mass is 9.93. The first-order valence-corrected chi connectivity index (χ1v) is 6.64. The quantitative estimate of drug-likeness (QED) is 0.860. The highest BCUT2D eigenvalue weighted by Gasteiger charge is 2.32. The summed E-state index contributed by atoms with van der Waals surface area (Å²) in [6.07, 6.45) is 5.04. The Morgan fingerprint density at radius 2 is 2.33 bits per heavy atom. The lowest BCUT2D eigenvalue weighted by Crippen LogP contribution is -2.37. The van der Waals surface area contributed by atoms with Gasteiger partial charge >= 0.3 is 0 Å². The van der Waals surface area contributed by atoms with Crippen molar-refractivity contribution in [2.45, 2.75) is 39.2 Å². The van der Waals surface area contributed by atoms with Crippen molar-refractivity contribution in [3.8, 4) is 0 Å². The van der Waals surface area contributed by atoms with Crippen LogP contribution >= 0.6 is 0 Å². The van der Waals surface area contributed by atoms with Gasteiger partial charge in [0.25, 0.3) is 5.91 Å². The van der Waals surface area contributed by atoms with E-state index in [9.17, 15) is 4.79 Å². The lowest BCUT2D eigenvalue weighted by molar-refractivity contribution is 0.0927. The number of hydrogen-bond donors (Lipinski definition) is 2. The van der Waals surface area contributed by atoms with Gasteiger partial charge in [0.2, 0.25) is 0 Å². The molecule has 0 aromatic carbocycles. The molecule has 0 radical (unpaired) electrons. The first-order chi connectivity index (χ1) is 8.63. The molecule has 0 spiro atoms. The molecule has 1 fully saturated rings. The summed E-state index contributed by atoms with van der Waals surface area (Å²) in [4.78, 5) is 16.1. The number of nitrogen functional groups attached to an aromatic ring is 1. The van der Waals surface area contributed by atoms with E-state index in [2.05, 4.69) is 24.1 Å². The highest BCUT2D eigenvalue weighted by atomic mass is 16.1. The van der Waals surface area contributed by atoms with Crippen LogP contribution in [0, 0.1) is 11.8 Å². The number of amides is 1. The van der Waals surface area contributed by atoms with Gasteiger partial charge in [-0.15, -0.1) is 0 Å². The summed E-state index contributed by atoms with van der Waals surface area (Å²) < 4.78 is 0. The Kier molecular flexibility index (Phi) is 3.84. The van der Waals surface area contributed by atoms with Crippen molar-refractivity contribution in [2.75, 3.05) is 5.73 Å². The fraction of sp³-hybridized carbons (Fsp3) is 0.571. The standard InChI is InChI=1S/C14H21N3O/c1-3-10-6-7-12(9(10)2)17-14(18)11-5-4-8-16-13(11)15/h4-5,8-10,12H,3,6-7H2,1-2H3,(H2,15,16)(H,17,18). The van der Waals surface area contributed by atoms with Crippen LogP contribution < -0.4 is 11.1 Å². The zero-order chi connectivity index (χ0) is 13.1. The van der Waals surface area contributed by atoms with E-state index < -0.39 is 0 Å². The third kappa shape index (κ3) is 2.47. The third-order valence-corrected chi connectivity index (χ3v) is 4.15. The second kappa shape index (κ2) is 5.38. The zero-order valence-electron chi connectivity index (χ0n) is 11.0. The number of nitrogens with one attached hydrogen (secondary N) is 1. The van der Waals surface area contributed by atoms with Crippen LogP contribution in [0.5, 0.6) is 0 Å². The number of aromatic nitrogens is 1. The molecule has 0 saturated heterocycles. The molecule has 1 aromatic rings. The second-order valence-electron chi connectivity index (χ2n) is 5.12. The van der Waals surface area contributed by atoms with Crippen molar-refractivity contribution < 1.29 is 4.79 Å². The maximum Gasteiger partial charge on any atom is 0.255 e. The van der Waals surface area contributed by atoms with Crippen molar-refractivity contribution >= 4 is 11.7 Å². The number of rotatable bonds is 3. The van der Waals surface area contributed by atoms with Crippen molar-refractivity contribution in [1.82, 2.24) is 10.3 Å². The Morgan fingerprint density at radius 1 is 1.56 bits per heavy atom. The smallest absolute Gasteiger partial charge is 0.255 e. The molecule has 4 nitrogen and oxygen atoms in total. The highest BCUT2D eigenvalue weighted by molar-refractivity contribution is 5.98. The summed E-state index contributed by atoms with van der Waals surface area (Å²) in [5, 5.41) is 3.09. The van der Waals surface area contributed by atoms with Crippen molar-refractivity contribution in [2.24, 2.45) is 11.8 Å². The molecule has 2 rings (SSSR count). The van der Waals surface area contributed by atoms with Crippen LogP contribution in [0.4, 0.5) is 5.82 Å². The average molecular weight is 247 g/mol. The zero-order valence-corrected chi connectivity index (χ0v) is 11.0. The fourth-order valence-electron chi connectivity index (χ4n) is 2.88. The monoisotopic (exact) mass is 247 g/mol. The maximum atomic E-state index is 12.1. The van der Waals surface area contributed by atoms with Crippen molar-refractivity contribution in [1.29, 1.82) is 0 Å². The molecule has 1 aromatic heterocycles. The largest absolute Gasteiger partial charge is 0.383 e. The van der Waals surface area contributed by atoms with E-state index in [1.807, 2.05) is 0 Å². The predicted octanol–water partition coefficient (Wildman–Crippen LogP) is 2.22. The van der Waals surface area contributed by atoms with Gasteiger partial charge in [-0.05, 0) is 36.8 Å². The van der Waals surface area contributed by atoms with Crippen molar-refractivity contribution in [3.63, 3.8) is 0 Å². The van der Waals surface area contributed by atoms with Crippen LogP contribution in [0.2, 0.25) is 0 Å². The minimum atomic E-state index is -0.103. The Balaban J connectivity index is 2.03. The Labute approximate surface area is 108 Å². The van der Waals surface area contributed by atoms with E-state index in [0.29, 0.717) is 17.3 Å². The first kappa shape index (κ1) is 12.9. The molecule has 0 aliphatic heterocycles. The van der Waals surface area contributed by atoms with E-state index in [0.717, 1.165) is 12.3 Å². The van der Waals surface area contributed by atoms with Gasteiger partial charge in [0, 0.05) is 12.2 Å². The molecule has 1 aliphatic carbocycles. The average Bonchev–Trinajstić information content (AvgIpc) is 2.71. The minimum Gasteiger partial charge on any atom is -0.383 e. The molecular weight excluding hydrogens is 226 g/mol. The molecule has 98 valence electrons. The Morgan fingerprint density at radius 3 is 2.94 bits per heavy atom. The third-order valence-electron chi connectivity index (χ3n) is 4.15. The van der Waals surface area contributed by atoms with Crippen LogP contribution in [0.1, 0.15) is 43.5 Å². The topological polar surface area (TPSA) is 68.0 Å². The summed E-state index contributed by atoms with van der Waals surface area (Å²) in [5.74, 6) is 1.46. The number of carbonyl (C=O) groups excluding carboxylic acids is 1. The number of hydrogen-bond acceptors (Lipinski definition) is 3. The number of nitrogens with zero attached hydrogens (tertiary/aromatic N) is 1. The van der Waals surface area contributed by atoms with Crippen LogP contribution in [-0.2, 0) is 0 Å². The van der Waals surface area contributed by atoms with Crippen LogP contribution in [0.3, 0.4) is 0 Å². The number of carbonyl (C=O) groups is 1. The van der Waals surface area contributed by atoms with Crippen LogP contribution in [0.25, 0.3) is 0 Å². The highest BCUT2D eigenvalue weighted by Crippen LogP contribution is 2.34. The SMILES string of the molecule is CCC1CCC(NC(=O)c2cccnc2N)C1C. The summed E-state index contributed by atoms with van der Waals surface area (Å²) >= 11 is 0. The maximum absolute atomic E-state index is 12.1. The van der Waals surface area contributed by atoms with Gasteiger partial charge in [0.15, 0.2) is 0 Å². The number of pyridine rings is 1. The second-order valence-corrected chi connectivity index (χ2v) is 5.12. The van der Waals surface area contributed by atoms with Crippen LogP contribution in [0.15, 0.2) is 18.3 Å². The molecule has 18 heavy (non-hydrogen) atoms. The van der Waals surface area contributed by atoms with Gasteiger partial charge in [-0.2, -0.15) is 0 Å². The molecular formula is C14H21N3O. The van der Waals surface area contributed by atoms with E-state index >= 15 is 0 Å². The van der Waals surface area contributed by atoms with E-state index in [1.165, 1.54) is 12.8 Å². The normalized spacial score (nSPS) is 27.1. The van der Waals surface area contributed by atoms with E-state index in [1.54, 1.807) is 18.3 Å². The predicted molar refractivity (Wildman–Crippen MR) is 72.1 cm³/mol. The summed E-state index contributed by atoms with van der Waals surface area (Å²) in [6.45, 7) is 4.43. The molecule has 0 bridgehead atoms. The number of anilines is 1. The van der Waals surface area contributed by atoms with Gasteiger partial charge in [0.05, 0.1) is 5.56 Å². The molecule has 3 N–H and O–H groups in total. The van der Waals surface area contributed by atoms with Gasteiger partial charge in [-0.25, -0.2) is 4.98 Å². The van der Waals surface area contributed by atoms with Crippen LogP contribution in [-0.4, -0.2) is 16.9 Å². The molecule has 1 amide bonds. The molecule has 1 aliphatic rings. The van der Waals surface area contributed by atoms with Gasteiger partial charge in [-0.3, -0.25) is 4.79 Å². The molecule has 3 atom stereocenters. The first-order valence-electron chi connectivity index (χ1n) is 6.64. The van der Waals surface area contributed by atoms with Gasteiger partial charge in [0.1, 0.15) is 5.82 Å². The Bertz CT molecular complexity index is 433. The minimum absolute atomic E-state index is 0.103. The van der Waals surface area contributed by atoms with Gasteiger partial charge < -0.3 is 11.1 Å². The summed E-state index contributed by atoms with van der Waals surface area (Å²) in [6, 6.07) is 3.72. The summed E-state index contributed by atoms with van der Waals surface area (Å²) in [7, 11) is 0. The van der Waals surface area contributed by atoms with E-state index in [4.69, 9.17) is 5.73 Å². The van der Waals surface area contributed by atoms with Gasteiger partial charge in [-0.1, -0.05) is 20.3 Å². The van der Waals surface area contributed by atoms with E-state index in [-0.39, 0.29) is 11.9 Å². The Hall–Kier alpha value is -1.58. The summed E-state index contributed by atoms with van der Waals surface area (Å²) in [5.41, 5.74) is 6.19. The molecule has 1 heterocycles. The molecule has 4 heteroatoms. The lowest BCUT2D eigenvalue weighted by Gasteiger charge is -2.21. The van der Waals surface area contributed by atoms with Crippen molar-refractivity contribution in [3.05, 3.63) is 23.9 Å². The molecule has 3 unspecified atom stereocenters. The number of nitrogens with two attached hydrogens (primary N) is 1. The fourth-order valence-corrected chi connectivity index (χ4v) is 2.88. The molecule has 1 saturated carbocycles.